The summed E-state index contributed by atoms with van der Waals surface area (Å²) in [6, 6.07) is 4.33. The second-order valence-electron chi connectivity index (χ2n) is 8.18. The van der Waals surface area contributed by atoms with Gasteiger partial charge in [-0.15, -0.1) is 0 Å². The number of pyridine rings is 1. The maximum Gasteiger partial charge on any atom is 0.416 e. The summed E-state index contributed by atoms with van der Waals surface area (Å²) in [5.74, 6) is -0.403. The van der Waals surface area contributed by atoms with Crippen molar-refractivity contribution in [3.63, 3.8) is 0 Å². The topological polar surface area (TPSA) is 66.5 Å². The van der Waals surface area contributed by atoms with E-state index in [9.17, 15) is 31.1 Å². The van der Waals surface area contributed by atoms with Gasteiger partial charge >= 0.3 is 12.4 Å². The molecule has 1 aromatic heterocycles. The molecule has 6 nitrogen and oxygen atoms in total. The summed E-state index contributed by atoms with van der Waals surface area (Å²) in [5.41, 5.74) is -1.54. The molecule has 14 heteroatoms. The first-order valence-electron chi connectivity index (χ1n) is 10.2. The number of nitrogens with one attached hydrogen (secondary N) is 2. The number of hydrogen-bond acceptors (Lipinski definition) is 5. The maximum absolute atomic E-state index is 14.3. The van der Waals surface area contributed by atoms with Crippen molar-refractivity contribution in [2.24, 2.45) is 0 Å². The standard InChI is InChI=1S/C21H17ClF6N4O2S/c22-13-6-11(5-12(7-13)20(23,24)25)19(21(26,27)28)3-4-32(10-19)14-1-2-15(29-8-14)18(35)30-16-9-34-31-17(16)33/h1-2,5-8,16H,3-4,9-10H2,(H,30,35)(H,31,33). The lowest BCUT2D eigenvalue weighted by atomic mass is 9.78. The summed E-state index contributed by atoms with van der Waals surface area (Å²) in [6.07, 6.45) is -8.83. The number of nitrogens with zero attached hydrogens (tertiary/aromatic N) is 2. The molecule has 2 aliphatic heterocycles. The highest BCUT2D eigenvalue weighted by molar-refractivity contribution is 7.80. The van der Waals surface area contributed by atoms with Crippen LogP contribution in [-0.2, 0) is 21.2 Å². The minimum atomic E-state index is -4.85. The van der Waals surface area contributed by atoms with E-state index in [1.807, 2.05) is 0 Å². The molecular weight excluding hydrogens is 522 g/mol. The monoisotopic (exact) mass is 538 g/mol. The lowest BCUT2D eigenvalue weighted by molar-refractivity contribution is -0.184. The molecule has 3 heterocycles. The summed E-state index contributed by atoms with van der Waals surface area (Å²) in [4.78, 5) is 22.1. The lowest BCUT2D eigenvalue weighted by Crippen LogP contribution is -2.45. The van der Waals surface area contributed by atoms with Gasteiger partial charge in [0, 0.05) is 18.1 Å². The minimum Gasteiger partial charge on any atom is -0.369 e. The molecule has 0 aliphatic carbocycles. The molecule has 2 fully saturated rings. The molecule has 2 unspecified atom stereocenters. The summed E-state index contributed by atoms with van der Waals surface area (Å²) < 4.78 is 82.7. The Labute approximate surface area is 205 Å². The third-order valence-electron chi connectivity index (χ3n) is 5.98. The van der Waals surface area contributed by atoms with Gasteiger partial charge in [-0.05, 0) is 42.3 Å². The van der Waals surface area contributed by atoms with Gasteiger partial charge in [0.2, 0.25) is 0 Å². The highest BCUT2D eigenvalue weighted by Crippen LogP contribution is 2.50. The molecule has 2 saturated heterocycles. The number of amides is 1. The Morgan fingerprint density at radius 1 is 1.23 bits per heavy atom. The van der Waals surface area contributed by atoms with Gasteiger partial charge in [0.25, 0.3) is 5.91 Å². The van der Waals surface area contributed by atoms with Crippen LogP contribution in [0.25, 0.3) is 0 Å². The van der Waals surface area contributed by atoms with Gasteiger partial charge in [-0.1, -0.05) is 23.8 Å². The van der Waals surface area contributed by atoms with Gasteiger partial charge in [-0.25, -0.2) is 5.48 Å². The van der Waals surface area contributed by atoms with Crippen LogP contribution in [0.4, 0.5) is 32.0 Å². The molecule has 35 heavy (non-hydrogen) atoms. The molecule has 188 valence electrons. The van der Waals surface area contributed by atoms with Crippen molar-refractivity contribution in [3.8, 4) is 0 Å². The lowest BCUT2D eigenvalue weighted by Gasteiger charge is -2.33. The van der Waals surface area contributed by atoms with Crippen LogP contribution >= 0.6 is 23.8 Å². The molecule has 0 radical (unpaired) electrons. The number of hydroxylamine groups is 1. The van der Waals surface area contributed by atoms with Crippen LogP contribution in [0, 0.1) is 0 Å². The third kappa shape index (κ3) is 5.02. The fraction of sp³-hybridized carbons (Fsp3) is 0.381. The van der Waals surface area contributed by atoms with Gasteiger partial charge in [0.05, 0.1) is 23.1 Å². The van der Waals surface area contributed by atoms with Gasteiger partial charge in [0.15, 0.2) is 0 Å². The van der Waals surface area contributed by atoms with Crippen LogP contribution in [0.15, 0.2) is 36.5 Å². The first kappa shape index (κ1) is 25.5. The van der Waals surface area contributed by atoms with E-state index >= 15 is 0 Å². The zero-order chi connectivity index (χ0) is 25.6. The quantitative estimate of drug-likeness (QED) is 0.450. The van der Waals surface area contributed by atoms with E-state index in [2.05, 4.69) is 15.8 Å². The highest BCUT2D eigenvalue weighted by atomic mass is 35.5. The van der Waals surface area contributed by atoms with E-state index in [0.717, 1.165) is 6.07 Å². The number of carbonyl (C=O) groups excluding carboxylic acids is 1. The Hall–Kier alpha value is -2.64. The summed E-state index contributed by atoms with van der Waals surface area (Å²) in [6.45, 7) is -0.627. The van der Waals surface area contributed by atoms with Crippen LogP contribution in [-0.4, -0.2) is 47.8 Å². The summed E-state index contributed by atoms with van der Waals surface area (Å²) in [7, 11) is 0. The van der Waals surface area contributed by atoms with Crippen molar-refractivity contribution in [1.82, 2.24) is 15.8 Å². The van der Waals surface area contributed by atoms with Crippen molar-refractivity contribution in [1.29, 1.82) is 0 Å². The largest absolute Gasteiger partial charge is 0.416 e. The first-order valence-corrected chi connectivity index (χ1v) is 11.0. The number of rotatable bonds is 4. The first-order chi connectivity index (χ1) is 16.3. The van der Waals surface area contributed by atoms with Crippen molar-refractivity contribution in [3.05, 3.63) is 58.4 Å². The van der Waals surface area contributed by atoms with E-state index in [1.165, 1.54) is 23.2 Å². The fourth-order valence-electron chi connectivity index (χ4n) is 4.08. The predicted octanol–water partition coefficient (Wildman–Crippen LogP) is 4.16. The summed E-state index contributed by atoms with van der Waals surface area (Å²) in [5, 5.41) is 2.35. The number of anilines is 1. The maximum atomic E-state index is 14.3. The van der Waals surface area contributed by atoms with E-state index in [-0.39, 0.29) is 23.8 Å². The Balaban J connectivity index is 1.57. The molecule has 2 N–H and O–H groups in total. The van der Waals surface area contributed by atoms with Gasteiger partial charge in [-0.2, -0.15) is 26.3 Å². The van der Waals surface area contributed by atoms with Crippen molar-refractivity contribution < 1.29 is 36.0 Å². The number of carbonyl (C=O) groups is 1. The third-order valence-corrected chi connectivity index (χ3v) is 6.53. The van der Waals surface area contributed by atoms with Gasteiger partial charge < -0.3 is 10.2 Å². The molecule has 2 aromatic rings. The smallest absolute Gasteiger partial charge is 0.369 e. The number of aromatic nitrogens is 1. The van der Waals surface area contributed by atoms with E-state index < -0.39 is 58.8 Å². The fourth-order valence-corrected chi connectivity index (χ4v) is 4.58. The normalized spacial score (nSPS) is 22.9. The van der Waals surface area contributed by atoms with Crippen molar-refractivity contribution in [2.75, 3.05) is 24.6 Å². The molecule has 0 bridgehead atoms. The number of halogens is 7. The number of benzene rings is 1. The van der Waals surface area contributed by atoms with E-state index in [1.54, 1.807) is 0 Å². The van der Waals surface area contributed by atoms with Crippen LogP contribution < -0.4 is 15.7 Å². The minimum absolute atomic E-state index is 0.0594. The molecule has 0 saturated carbocycles. The Morgan fingerprint density at radius 3 is 2.54 bits per heavy atom. The number of alkyl halides is 6. The average molecular weight is 539 g/mol. The van der Waals surface area contributed by atoms with Crippen LogP contribution in [0.2, 0.25) is 5.02 Å². The van der Waals surface area contributed by atoms with Crippen LogP contribution in [0.5, 0.6) is 0 Å². The molecule has 4 rings (SSSR count). The SMILES string of the molecule is O=C1NOCC1NC(=S)c1ccc(N2CCC(c3cc(Cl)cc(C(F)(F)F)c3)(C(F)(F)F)C2)cn1. The molecule has 1 aromatic carbocycles. The van der Waals surface area contributed by atoms with Crippen molar-refractivity contribution >= 4 is 40.4 Å². The zero-order valence-electron chi connectivity index (χ0n) is 17.6. The second kappa shape index (κ2) is 9.10. The highest BCUT2D eigenvalue weighted by Gasteiger charge is 2.59. The number of hydrogen-bond donors (Lipinski definition) is 2. The van der Waals surface area contributed by atoms with Gasteiger partial charge in [0.1, 0.15) is 23.1 Å². The van der Waals surface area contributed by atoms with Crippen LogP contribution in [0.3, 0.4) is 0 Å². The average Bonchev–Trinajstić information content (AvgIpc) is 3.40. The van der Waals surface area contributed by atoms with Crippen LogP contribution in [0.1, 0.15) is 23.2 Å². The molecule has 1 amide bonds. The second-order valence-corrected chi connectivity index (χ2v) is 9.03. The molecule has 0 spiro atoms. The number of thiocarbonyl (C=S) groups is 1. The Morgan fingerprint density at radius 2 is 1.97 bits per heavy atom. The van der Waals surface area contributed by atoms with E-state index in [0.29, 0.717) is 17.8 Å². The zero-order valence-corrected chi connectivity index (χ0v) is 19.2. The molecule has 2 aliphatic rings. The van der Waals surface area contributed by atoms with Gasteiger partial charge in [-0.3, -0.25) is 14.6 Å². The molecule has 2 atom stereocenters. The molecular formula is C21H17ClF6N4O2S. The van der Waals surface area contributed by atoms with E-state index in [4.69, 9.17) is 28.7 Å². The Kier molecular flexibility index (Phi) is 6.62. The summed E-state index contributed by atoms with van der Waals surface area (Å²) >= 11 is 11.0. The predicted molar refractivity (Wildman–Crippen MR) is 118 cm³/mol. The van der Waals surface area contributed by atoms with Crippen molar-refractivity contribution in [2.45, 2.75) is 30.2 Å². The Bertz CT molecular complexity index is 1140.